The fourth-order valence-corrected chi connectivity index (χ4v) is 7.86. The number of aryl methyl sites for hydroxylation is 1. The largest absolute Gasteiger partial charge is 0.457 e. The number of fused-ring (bicyclic) bond motifs is 11. The lowest BCUT2D eigenvalue weighted by molar-refractivity contribution is 0.482. The van der Waals surface area contributed by atoms with Crippen LogP contribution in [-0.4, -0.2) is 18.9 Å². The predicted molar refractivity (Wildman–Crippen MR) is 191 cm³/mol. The van der Waals surface area contributed by atoms with Crippen molar-refractivity contribution in [2.75, 3.05) is 0 Å². The van der Waals surface area contributed by atoms with Gasteiger partial charge in [0.25, 0.3) is 0 Å². The lowest BCUT2D eigenvalue weighted by Crippen LogP contribution is -2.26. The summed E-state index contributed by atoms with van der Waals surface area (Å²) < 4.78 is 11.2. The molecule has 47 heavy (non-hydrogen) atoms. The van der Waals surface area contributed by atoms with Crippen LogP contribution in [0.1, 0.15) is 30.5 Å². The molecule has 0 unspecified atom stereocenters. The molecule has 1 aliphatic rings. The van der Waals surface area contributed by atoms with Gasteiger partial charge in [0.05, 0.1) is 22.4 Å². The second-order valence-electron chi connectivity index (χ2n) is 13.2. The normalized spacial score (nSPS) is 13.6. The van der Waals surface area contributed by atoms with Gasteiger partial charge in [-0.2, -0.15) is 0 Å². The van der Waals surface area contributed by atoms with E-state index in [1.54, 1.807) is 0 Å². The summed E-state index contributed by atoms with van der Waals surface area (Å²) >= 11 is 0. The molecular formula is C42H30N4O. The fourth-order valence-electron chi connectivity index (χ4n) is 7.86. The molecule has 0 amide bonds. The van der Waals surface area contributed by atoms with Gasteiger partial charge in [-0.05, 0) is 71.5 Å². The Kier molecular flexibility index (Phi) is 5.20. The van der Waals surface area contributed by atoms with E-state index in [1.807, 2.05) is 12.3 Å². The van der Waals surface area contributed by atoms with Gasteiger partial charge < -0.3 is 4.74 Å². The zero-order valence-electron chi connectivity index (χ0n) is 26.3. The molecule has 0 N–H and O–H groups in total. The van der Waals surface area contributed by atoms with E-state index in [9.17, 15) is 0 Å². The zero-order chi connectivity index (χ0) is 31.4. The summed E-state index contributed by atoms with van der Waals surface area (Å²) in [5, 5.41) is 5.77. The van der Waals surface area contributed by atoms with Crippen molar-refractivity contribution in [1.29, 1.82) is 0 Å². The van der Waals surface area contributed by atoms with Crippen LogP contribution in [0.4, 0.5) is 0 Å². The van der Waals surface area contributed by atoms with E-state index in [0.29, 0.717) is 0 Å². The Morgan fingerprint density at radius 3 is 2.34 bits per heavy atom. The molecule has 0 spiro atoms. The van der Waals surface area contributed by atoms with Gasteiger partial charge >= 0.3 is 0 Å². The number of aromatic nitrogens is 4. The van der Waals surface area contributed by atoms with Crippen LogP contribution in [0.2, 0.25) is 0 Å². The summed E-state index contributed by atoms with van der Waals surface area (Å²) in [6, 6.07) is 40.6. The Morgan fingerprint density at radius 1 is 0.638 bits per heavy atom. The van der Waals surface area contributed by atoms with Gasteiger partial charge in [0.2, 0.25) is 0 Å². The maximum absolute atomic E-state index is 6.69. The van der Waals surface area contributed by atoms with E-state index in [4.69, 9.17) is 14.7 Å². The summed E-state index contributed by atoms with van der Waals surface area (Å²) in [7, 11) is 0. The van der Waals surface area contributed by atoms with Crippen LogP contribution in [-0.2, 0) is 5.41 Å². The van der Waals surface area contributed by atoms with Crippen molar-refractivity contribution in [2.45, 2.75) is 26.2 Å². The van der Waals surface area contributed by atoms with Gasteiger partial charge in [-0.1, -0.05) is 80.6 Å². The molecule has 5 aromatic carbocycles. The molecule has 5 nitrogen and oxygen atoms in total. The van der Waals surface area contributed by atoms with Gasteiger partial charge in [-0.25, -0.2) is 9.97 Å². The molecule has 5 heterocycles. The van der Waals surface area contributed by atoms with E-state index in [1.165, 1.54) is 33.0 Å². The Bertz CT molecular complexity index is 2770. The summed E-state index contributed by atoms with van der Waals surface area (Å²) in [4.78, 5) is 10.1. The van der Waals surface area contributed by atoms with Crippen LogP contribution < -0.4 is 4.74 Å². The number of para-hydroxylation sites is 2. The van der Waals surface area contributed by atoms with E-state index < -0.39 is 0 Å². The fraction of sp³-hybridized carbons (Fsp3) is 0.0952. The molecular weight excluding hydrogens is 576 g/mol. The molecule has 5 heteroatoms. The third kappa shape index (κ3) is 3.59. The molecule has 0 fully saturated rings. The monoisotopic (exact) mass is 606 g/mol. The highest BCUT2D eigenvalue weighted by Gasteiger charge is 2.35. The number of imidazole rings is 1. The zero-order valence-corrected chi connectivity index (χ0v) is 26.3. The highest BCUT2D eigenvalue weighted by Crippen LogP contribution is 2.48. The van der Waals surface area contributed by atoms with Crippen LogP contribution >= 0.6 is 0 Å². The molecule has 10 rings (SSSR count). The number of nitrogens with zero attached hydrogens (tertiary/aromatic N) is 4. The maximum Gasteiger partial charge on any atom is 0.146 e. The first-order chi connectivity index (χ1) is 23.0. The van der Waals surface area contributed by atoms with Gasteiger partial charge in [-0.3, -0.25) is 8.97 Å². The lowest BCUT2D eigenvalue weighted by Gasteiger charge is -2.34. The lowest BCUT2D eigenvalue weighted by atomic mass is 9.74. The van der Waals surface area contributed by atoms with Crippen LogP contribution in [0.25, 0.3) is 66.2 Å². The van der Waals surface area contributed by atoms with Crippen LogP contribution in [0.15, 0.2) is 128 Å². The molecule has 224 valence electrons. The van der Waals surface area contributed by atoms with Crippen molar-refractivity contribution in [3.05, 3.63) is 144 Å². The van der Waals surface area contributed by atoms with E-state index in [2.05, 4.69) is 145 Å². The summed E-state index contributed by atoms with van der Waals surface area (Å²) in [6.45, 7) is 6.76. The van der Waals surface area contributed by atoms with Crippen molar-refractivity contribution in [1.82, 2.24) is 18.9 Å². The van der Waals surface area contributed by atoms with Crippen molar-refractivity contribution in [3.63, 3.8) is 0 Å². The first kappa shape index (κ1) is 26.3. The van der Waals surface area contributed by atoms with Gasteiger partial charge in [0.15, 0.2) is 0 Å². The molecule has 0 bridgehead atoms. The van der Waals surface area contributed by atoms with Crippen molar-refractivity contribution < 1.29 is 4.74 Å². The molecule has 0 saturated heterocycles. The summed E-state index contributed by atoms with van der Waals surface area (Å²) in [5.74, 6) is 1.55. The standard InChI is InChI=1S/C42H30N4O/c1-25-10-4-5-11-28(25)36-24-45-37-16-7-6-12-30(37)29-19-17-26(22-33(29)41(45)44-36)47-27-18-20-34-38(23-27)46-39-31(32-14-9-21-43-40(32)46)13-8-15-35(39)42(34,2)3/h4-24H,1-3H3. The predicted octanol–water partition coefficient (Wildman–Crippen LogP) is 10.5. The highest BCUT2D eigenvalue weighted by molar-refractivity contribution is 6.13. The van der Waals surface area contributed by atoms with Crippen molar-refractivity contribution >= 4 is 49.3 Å². The Labute approximate surface area is 271 Å². The van der Waals surface area contributed by atoms with E-state index >= 15 is 0 Å². The number of hydrogen-bond acceptors (Lipinski definition) is 3. The molecule has 0 aliphatic carbocycles. The highest BCUT2D eigenvalue weighted by atomic mass is 16.5. The number of ether oxygens (including phenoxy) is 1. The number of pyridine rings is 2. The van der Waals surface area contributed by atoms with E-state index in [0.717, 1.165) is 61.4 Å². The third-order valence-electron chi connectivity index (χ3n) is 10.2. The van der Waals surface area contributed by atoms with Crippen molar-refractivity contribution in [3.8, 4) is 28.4 Å². The quantitative estimate of drug-likeness (QED) is 0.188. The van der Waals surface area contributed by atoms with Crippen LogP contribution in [0.3, 0.4) is 0 Å². The number of rotatable bonds is 3. The molecule has 0 radical (unpaired) electrons. The minimum atomic E-state index is -0.178. The van der Waals surface area contributed by atoms with E-state index in [-0.39, 0.29) is 5.41 Å². The minimum absolute atomic E-state index is 0.178. The molecule has 0 atom stereocenters. The summed E-state index contributed by atoms with van der Waals surface area (Å²) in [5.41, 5.74) is 11.0. The average Bonchev–Trinajstić information content (AvgIpc) is 3.69. The second kappa shape index (κ2) is 9.30. The Morgan fingerprint density at radius 2 is 1.43 bits per heavy atom. The average molecular weight is 607 g/mol. The molecule has 4 aromatic heterocycles. The van der Waals surface area contributed by atoms with Crippen LogP contribution in [0, 0.1) is 6.92 Å². The van der Waals surface area contributed by atoms with Crippen LogP contribution in [0.5, 0.6) is 11.5 Å². The maximum atomic E-state index is 6.69. The van der Waals surface area contributed by atoms with Gasteiger partial charge in [0.1, 0.15) is 22.8 Å². The molecule has 0 saturated carbocycles. The second-order valence-corrected chi connectivity index (χ2v) is 13.2. The first-order valence-corrected chi connectivity index (χ1v) is 16.1. The third-order valence-corrected chi connectivity index (χ3v) is 10.2. The molecule has 9 aromatic rings. The SMILES string of the molecule is Cc1ccccc1-c1cn2c3ccccc3c3ccc(Oc4ccc5c(c4)-n4c6ncccc6c6cccc(c64)C5(C)C)cc3c2n1. The van der Waals surface area contributed by atoms with Crippen molar-refractivity contribution in [2.24, 2.45) is 0 Å². The molecule has 1 aliphatic heterocycles. The topological polar surface area (TPSA) is 44.4 Å². The Balaban J connectivity index is 1.15. The minimum Gasteiger partial charge on any atom is -0.457 e. The summed E-state index contributed by atoms with van der Waals surface area (Å²) in [6.07, 6.45) is 4.04. The number of hydrogen-bond donors (Lipinski definition) is 0. The smallest absolute Gasteiger partial charge is 0.146 e. The number of benzene rings is 5. The Hall–Kier alpha value is -5.94. The first-order valence-electron chi connectivity index (χ1n) is 16.1. The van der Waals surface area contributed by atoms with Gasteiger partial charge in [-0.15, -0.1) is 0 Å². The van der Waals surface area contributed by atoms with Gasteiger partial charge in [0, 0.05) is 51.0 Å².